The topological polar surface area (TPSA) is 87.2 Å². The fraction of sp³-hybridized carbons (Fsp3) is 0.200. The first-order chi connectivity index (χ1) is 8.72. The Kier molecular flexibility index (Phi) is 2.33. The fourth-order valence-electron chi connectivity index (χ4n) is 1.49. The third-order valence-corrected chi connectivity index (χ3v) is 2.34. The lowest BCUT2D eigenvalue weighted by atomic mass is 10.6. The lowest BCUT2D eigenvalue weighted by Gasteiger charge is -1.99. The first-order valence-corrected chi connectivity index (χ1v) is 5.32. The molecule has 0 radical (unpaired) electrons. The molecular formula is C10H10N8. The Morgan fingerprint density at radius 3 is 1.39 bits per heavy atom. The maximum atomic E-state index is 4.09. The van der Waals surface area contributed by atoms with E-state index in [2.05, 4.69) is 30.4 Å². The molecule has 0 aliphatic heterocycles. The van der Waals surface area contributed by atoms with Crippen LogP contribution in [0.3, 0.4) is 0 Å². The van der Waals surface area contributed by atoms with Gasteiger partial charge in [-0.2, -0.15) is 0 Å². The number of hydrogen-bond acceptors (Lipinski definition) is 6. The van der Waals surface area contributed by atoms with E-state index >= 15 is 0 Å². The van der Waals surface area contributed by atoms with Gasteiger partial charge < -0.3 is 0 Å². The van der Waals surface area contributed by atoms with Crippen LogP contribution in [0.15, 0.2) is 25.0 Å². The highest BCUT2D eigenvalue weighted by molar-refractivity contribution is 5.14. The van der Waals surface area contributed by atoms with Crippen LogP contribution in [0.1, 0.15) is 11.4 Å². The summed E-state index contributed by atoms with van der Waals surface area (Å²) in [6.07, 6.45) is 6.85. The molecule has 8 nitrogen and oxygen atoms in total. The molecule has 0 unspecified atom stereocenters. The summed E-state index contributed by atoms with van der Waals surface area (Å²) >= 11 is 0. The monoisotopic (exact) mass is 242 g/mol. The minimum atomic E-state index is 0.385. The second-order valence-electron chi connectivity index (χ2n) is 3.84. The van der Waals surface area contributed by atoms with Crippen molar-refractivity contribution in [2.45, 2.75) is 13.8 Å². The lowest BCUT2D eigenvalue weighted by Crippen LogP contribution is -2.08. The van der Waals surface area contributed by atoms with Crippen LogP contribution in [0.25, 0.3) is 11.9 Å². The molecule has 3 aromatic rings. The Balaban J connectivity index is 1.94. The van der Waals surface area contributed by atoms with E-state index in [1.807, 2.05) is 13.8 Å². The van der Waals surface area contributed by atoms with Gasteiger partial charge >= 0.3 is 0 Å². The van der Waals surface area contributed by atoms with Crippen molar-refractivity contribution in [3.63, 3.8) is 0 Å². The van der Waals surface area contributed by atoms with E-state index < -0.39 is 0 Å². The molecule has 0 saturated heterocycles. The van der Waals surface area contributed by atoms with Gasteiger partial charge in [0.15, 0.2) is 0 Å². The Bertz CT molecular complexity index is 606. The maximum absolute atomic E-state index is 4.09. The first kappa shape index (κ1) is 10.5. The third kappa shape index (κ3) is 1.83. The van der Waals surface area contributed by atoms with E-state index in [0.29, 0.717) is 11.9 Å². The molecule has 0 bridgehead atoms. The smallest absolute Gasteiger partial charge is 0.272 e. The SMILES string of the molecule is Cc1cn(-c2nnc(-n3cnc(C)c3)nn2)cn1. The average molecular weight is 242 g/mol. The molecule has 3 heterocycles. The van der Waals surface area contributed by atoms with E-state index in [0.717, 1.165) is 11.4 Å². The number of nitrogens with zero attached hydrogens (tertiary/aromatic N) is 8. The predicted molar refractivity (Wildman–Crippen MR) is 61.3 cm³/mol. The Morgan fingerprint density at radius 1 is 0.722 bits per heavy atom. The molecule has 0 aliphatic carbocycles. The fourth-order valence-corrected chi connectivity index (χ4v) is 1.49. The number of hydrogen-bond donors (Lipinski definition) is 0. The van der Waals surface area contributed by atoms with E-state index in [4.69, 9.17) is 0 Å². The van der Waals surface area contributed by atoms with Crippen molar-refractivity contribution < 1.29 is 0 Å². The summed E-state index contributed by atoms with van der Waals surface area (Å²) in [6, 6.07) is 0. The summed E-state index contributed by atoms with van der Waals surface area (Å²) in [5.74, 6) is 0.771. The van der Waals surface area contributed by atoms with Crippen LogP contribution < -0.4 is 0 Å². The van der Waals surface area contributed by atoms with Gasteiger partial charge in [0.1, 0.15) is 12.7 Å². The summed E-state index contributed by atoms with van der Waals surface area (Å²) in [4.78, 5) is 8.18. The standard InChI is InChI=1S/C10H10N8/c1-7-3-17(5-11-7)9-13-15-10(16-14-9)18-4-8(2)12-6-18/h3-6H,1-2H3. The summed E-state index contributed by atoms with van der Waals surface area (Å²) < 4.78 is 3.33. The Labute approximate surface area is 102 Å². The molecule has 3 aromatic heterocycles. The summed E-state index contributed by atoms with van der Waals surface area (Å²) in [5.41, 5.74) is 1.76. The first-order valence-electron chi connectivity index (χ1n) is 5.32. The van der Waals surface area contributed by atoms with Crippen molar-refractivity contribution in [2.75, 3.05) is 0 Å². The molecule has 8 heteroatoms. The quantitative estimate of drug-likeness (QED) is 0.640. The highest BCUT2D eigenvalue weighted by Gasteiger charge is 2.05. The van der Waals surface area contributed by atoms with Gasteiger partial charge in [-0.3, -0.25) is 9.13 Å². The van der Waals surface area contributed by atoms with Crippen LogP contribution in [0.4, 0.5) is 0 Å². The summed E-state index contributed by atoms with van der Waals surface area (Å²) in [5, 5.41) is 16.0. The molecule has 0 amide bonds. The normalized spacial score (nSPS) is 10.8. The van der Waals surface area contributed by atoms with Crippen LogP contribution in [-0.4, -0.2) is 39.5 Å². The number of aromatic nitrogens is 8. The second kappa shape index (κ2) is 3.99. The van der Waals surface area contributed by atoms with Crippen molar-refractivity contribution >= 4 is 0 Å². The van der Waals surface area contributed by atoms with E-state index in [1.165, 1.54) is 0 Å². The van der Waals surface area contributed by atoms with Gasteiger partial charge in [0.25, 0.3) is 11.9 Å². The maximum Gasteiger partial charge on any atom is 0.274 e. The minimum absolute atomic E-state index is 0.385. The van der Waals surface area contributed by atoms with E-state index in [9.17, 15) is 0 Å². The zero-order valence-electron chi connectivity index (χ0n) is 9.89. The minimum Gasteiger partial charge on any atom is -0.272 e. The number of aryl methyl sites for hydroxylation is 2. The average Bonchev–Trinajstić information content (AvgIpc) is 2.98. The molecule has 0 spiro atoms. The van der Waals surface area contributed by atoms with E-state index in [-0.39, 0.29) is 0 Å². The van der Waals surface area contributed by atoms with Crippen LogP contribution in [-0.2, 0) is 0 Å². The summed E-state index contributed by atoms with van der Waals surface area (Å²) in [6.45, 7) is 3.78. The highest BCUT2D eigenvalue weighted by Crippen LogP contribution is 2.02. The molecule has 0 aliphatic rings. The Morgan fingerprint density at radius 2 is 1.11 bits per heavy atom. The molecule has 90 valence electrons. The molecule has 0 fully saturated rings. The van der Waals surface area contributed by atoms with Gasteiger partial charge in [0, 0.05) is 12.4 Å². The Hall–Kier alpha value is -2.64. The number of imidazole rings is 2. The van der Waals surface area contributed by atoms with Crippen molar-refractivity contribution in [1.82, 2.24) is 39.5 Å². The van der Waals surface area contributed by atoms with Gasteiger partial charge in [-0.15, -0.1) is 20.4 Å². The van der Waals surface area contributed by atoms with Gasteiger partial charge in [-0.1, -0.05) is 0 Å². The van der Waals surface area contributed by atoms with Crippen LogP contribution in [0.2, 0.25) is 0 Å². The zero-order valence-corrected chi connectivity index (χ0v) is 9.89. The molecule has 0 atom stereocenters. The molecule has 3 rings (SSSR count). The molecular weight excluding hydrogens is 232 g/mol. The van der Waals surface area contributed by atoms with Gasteiger partial charge in [-0.25, -0.2) is 9.97 Å². The molecule has 0 saturated carbocycles. The van der Waals surface area contributed by atoms with Crippen molar-refractivity contribution in [3.8, 4) is 11.9 Å². The van der Waals surface area contributed by atoms with Gasteiger partial charge in [0.2, 0.25) is 0 Å². The van der Waals surface area contributed by atoms with Crippen molar-refractivity contribution in [3.05, 3.63) is 36.4 Å². The van der Waals surface area contributed by atoms with Crippen LogP contribution >= 0.6 is 0 Å². The lowest BCUT2D eigenvalue weighted by molar-refractivity contribution is 0.737. The molecule has 18 heavy (non-hydrogen) atoms. The molecule has 0 N–H and O–H groups in total. The van der Waals surface area contributed by atoms with Crippen molar-refractivity contribution in [1.29, 1.82) is 0 Å². The largest absolute Gasteiger partial charge is 0.274 e. The van der Waals surface area contributed by atoms with E-state index in [1.54, 1.807) is 34.2 Å². The van der Waals surface area contributed by atoms with Gasteiger partial charge in [-0.05, 0) is 13.8 Å². The van der Waals surface area contributed by atoms with Crippen LogP contribution in [0.5, 0.6) is 0 Å². The van der Waals surface area contributed by atoms with Gasteiger partial charge in [0.05, 0.1) is 11.4 Å². The highest BCUT2D eigenvalue weighted by atomic mass is 15.4. The predicted octanol–water partition coefficient (Wildman–Crippen LogP) is 0.255. The van der Waals surface area contributed by atoms with Crippen LogP contribution in [0, 0.1) is 13.8 Å². The molecule has 0 aromatic carbocycles. The zero-order chi connectivity index (χ0) is 12.5. The third-order valence-electron chi connectivity index (χ3n) is 2.34. The second-order valence-corrected chi connectivity index (χ2v) is 3.84. The number of rotatable bonds is 2. The van der Waals surface area contributed by atoms with Crippen molar-refractivity contribution in [2.24, 2.45) is 0 Å². The summed E-state index contributed by atoms with van der Waals surface area (Å²) in [7, 11) is 0.